The number of nitrogens with one attached hydrogen (secondary N) is 1. The third kappa shape index (κ3) is 3.78. The molecule has 0 saturated carbocycles. The van der Waals surface area contributed by atoms with E-state index in [4.69, 9.17) is 27.2 Å². The molecule has 8 N–H and O–H groups in total. The van der Waals surface area contributed by atoms with Gasteiger partial charge in [0.2, 0.25) is 5.95 Å². The number of hydrogen-bond acceptors (Lipinski definition) is 10. The van der Waals surface area contributed by atoms with Crippen LogP contribution in [0.25, 0.3) is 5.70 Å². The van der Waals surface area contributed by atoms with Crippen molar-refractivity contribution in [2.24, 2.45) is 22.6 Å². The van der Waals surface area contributed by atoms with Gasteiger partial charge in [0.1, 0.15) is 11.6 Å². The highest BCUT2D eigenvalue weighted by molar-refractivity contribution is 5.70. The van der Waals surface area contributed by atoms with Crippen LogP contribution in [0.3, 0.4) is 0 Å². The summed E-state index contributed by atoms with van der Waals surface area (Å²) in [6, 6.07) is 7.51. The zero-order valence-electron chi connectivity index (χ0n) is 19.8. The predicted octanol–water partition coefficient (Wildman–Crippen LogP) is 0.331. The molecule has 2 bridgehead atoms. The summed E-state index contributed by atoms with van der Waals surface area (Å²) in [7, 11) is 0. The number of hydrogen-bond donors (Lipinski definition) is 5. The molecule has 2 atom stereocenters. The largest absolute Gasteiger partial charge is 0.507 e. The molecule has 10 heteroatoms. The van der Waals surface area contributed by atoms with Crippen LogP contribution in [0.1, 0.15) is 18.4 Å². The molecule has 1 aromatic heterocycles. The lowest BCUT2D eigenvalue weighted by molar-refractivity contribution is 0.121. The number of nitrogens with zero attached hydrogens (tertiary/aromatic N) is 5. The van der Waals surface area contributed by atoms with Gasteiger partial charge in [-0.2, -0.15) is 0 Å². The Morgan fingerprint density at radius 1 is 1.03 bits per heavy atom. The predicted molar refractivity (Wildman–Crippen MR) is 136 cm³/mol. The number of phenolic OH excluding ortho intramolecular Hbond substituents is 1. The summed E-state index contributed by atoms with van der Waals surface area (Å²) in [5.41, 5.74) is 21.7. The Bertz CT molecular complexity index is 1150. The maximum absolute atomic E-state index is 10.2. The molecule has 5 heterocycles. The topological polar surface area (TPSA) is 146 Å². The summed E-state index contributed by atoms with van der Waals surface area (Å²) < 4.78 is 0. The first-order valence-electron chi connectivity index (χ1n) is 12.2. The first-order chi connectivity index (χ1) is 16.9. The number of benzene rings is 1. The Hall–Kier alpha value is -3.66. The summed E-state index contributed by atoms with van der Waals surface area (Å²) >= 11 is 0. The van der Waals surface area contributed by atoms with Crippen molar-refractivity contribution in [2.45, 2.75) is 24.9 Å². The van der Waals surface area contributed by atoms with Crippen LogP contribution < -0.4 is 32.3 Å². The molecule has 4 saturated heterocycles. The minimum atomic E-state index is 0.124. The number of nitrogens with two attached hydrogens (primary N) is 3. The first kappa shape index (κ1) is 21.8. The summed E-state index contributed by atoms with van der Waals surface area (Å²) in [5, 5.41) is 13.5. The first-order valence-corrected chi connectivity index (χ1v) is 12.2. The number of para-hydroxylation sites is 1. The second kappa shape index (κ2) is 8.23. The molecule has 1 spiro atoms. The summed E-state index contributed by atoms with van der Waals surface area (Å²) in [5.74, 6) is 1.13. The summed E-state index contributed by atoms with van der Waals surface area (Å²) in [6.07, 6.45) is 7.81. The second-order valence-electron chi connectivity index (χ2n) is 10.4. The number of rotatable bonds is 5. The van der Waals surface area contributed by atoms with Crippen LogP contribution in [0, 0.1) is 5.41 Å². The van der Waals surface area contributed by atoms with Crippen molar-refractivity contribution in [1.29, 1.82) is 0 Å². The highest BCUT2D eigenvalue weighted by Crippen LogP contribution is 2.38. The molecule has 0 amide bonds. The fraction of sp³-hybridized carbons (Fsp3) is 0.440. The summed E-state index contributed by atoms with van der Waals surface area (Å²) in [4.78, 5) is 16.4. The molecule has 0 aliphatic carbocycles. The highest BCUT2D eigenvalue weighted by Gasteiger charge is 2.48. The lowest BCUT2D eigenvalue weighted by Crippen LogP contribution is -2.71. The van der Waals surface area contributed by atoms with Crippen LogP contribution >= 0.6 is 0 Å². The van der Waals surface area contributed by atoms with Gasteiger partial charge in [0.05, 0.1) is 23.8 Å². The normalized spacial score (nSPS) is 24.8. The van der Waals surface area contributed by atoms with Crippen molar-refractivity contribution in [2.75, 3.05) is 49.1 Å². The maximum Gasteiger partial charge on any atom is 0.226 e. The van der Waals surface area contributed by atoms with Crippen molar-refractivity contribution >= 4 is 17.3 Å². The number of aromatic hydroxyl groups is 1. The number of anilines is 2. The zero-order chi connectivity index (χ0) is 24.2. The third-order valence-electron chi connectivity index (χ3n) is 7.90. The number of fused-ring (bicyclic) bond motifs is 2. The molecule has 2 unspecified atom stereocenters. The SMILES string of the molecule is NC(N)=C(/C=C(\N)c1ccccc1O)N1CC2CCC(C1)N2c1ncc(N2CC3(CNC3)C2)cn1. The number of phenols is 1. The molecular formula is C25H33N9O. The third-order valence-corrected chi connectivity index (χ3v) is 7.90. The van der Waals surface area contributed by atoms with Gasteiger partial charge in [0, 0.05) is 68.0 Å². The molecule has 1 aromatic carbocycles. The number of likely N-dealkylation sites (tertiary alicyclic amines) is 1. The van der Waals surface area contributed by atoms with Crippen LogP contribution in [-0.4, -0.2) is 71.3 Å². The maximum atomic E-state index is 10.2. The van der Waals surface area contributed by atoms with Crippen LogP contribution in [0.4, 0.5) is 11.6 Å². The molecular weight excluding hydrogens is 442 g/mol. The minimum Gasteiger partial charge on any atom is -0.507 e. The molecule has 184 valence electrons. The fourth-order valence-corrected chi connectivity index (χ4v) is 5.99. The van der Waals surface area contributed by atoms with Crippen molar-refractivity contribution in [3.05, 3.63) is 59.8 Å². The number of piperazine rings is 1. The van der Waals surface area contributed by atoms with Crippen molar-refractivity contribution in [3.63, 3.8) is 0 Å². The number of allylic oxidation sites excluding steroid dienone is 1. The van der Waals surface area contributed by atoms with E-state index in [0.29, 0.717) is 22.4 Å². The quantitative estimate of drug-likeness (QED) is 0.384. The monoisotopic (exact) mass is 475 g/mol. The fourth-order valence-electron chi connectivity index (χ4n) is 5.99. The van der Waals surface area contributed by atoms with Crippen LogP contribution in [-0.2, 0) is 0 Å². The van der Waals surface area contributed by atoms with E-state index in [1.165, 1.54) is 0 Å². The van der Waals surface area contributed by atoms with Gasteiger partial charge in [0.25, 0.3) is 0 Å². The second-order valence-corrected chi connectivity index (χ2v) is 10.4. The van der Waals surface area contributed by atoms with E-state index < -0.39 is 0 Å². The molecule has 0 radical (unpaired) electrons. The van der Waals surface area contributed by atoms with Crippen LogP contribution in [0.5, 0.6) is 5.75 Å². The van der Waals surface area contributed by atoms with E-state index >= 15 is 0 Å². The Morgan fingerprint density at radius 2 is 1.69 bits per heavy atom. The lowest BCUT2D eigenvalue weighted by atomic mass is 9.74. The van der Waals surface area contributed by atoms with Gasteiger partial charge in [-0.1, -0.05) is 12.1 Å². The standard InChI is InChI=1S/C25H33N9O/c26-20(19-3-1-2-4-22(19)35)7-21(23(27)28)32-10-16-5-6-17(11-32)34(16)24-30-8-18(9-31-24)33-14-25(15-33)12-29-13-25/h1-4,7-9,16-17,29,35H,5-6,10-15,26-28H2/b20-7-. The van der Waals surface area contributed by atoms with Gasteiger partial charge in [-0.3, -0.25) is 0 Å². The van der Waals surface area contributed by atoms with Crippen LogP contribution in [0.15, 0.2) is 54.3 Å². The van der Waals surface area contributed by atoms with Crippen LogP contribution in [0.2, 0.25) is 0 Å². The van der Waals surface area contributed by atoms with E-state index in [0.717, 1.165) is 63.7 Å². The van der Waals surface area contributed by atoms with Crippen molar-refractivity contribution in [3.8, 4) is 5.75 Å². The molecule has 6 rings (SSSR count). The average molecular weight is 476 g/mol. The van der Waals surface area contributed by atoms with E-state index in [-0.39, 0.29) is 23.7 Å². The van der Waals surface area contributed by atoms with Gasteiger partial charge in [0.15, 0.2) is 0 Å². The molecule has 4 aliphatic heterocycles. The van der Waals surface area contributed by atoms with E-state index in [1.807, 2.05) is 18.5 Å². The molecule has 35 heavy (non-hydrogen) atoms. The van der Waals surface area contributed by atoms with Gasteiger partial charge < -0.3 is 42.3 Å². The zero-order valence-corrected chi connectivity index (χ0v) is 19.8. The molecule has 4 fully saturated rings. The van der Waals surface area contributed by atoms with Crippen molar-refractivity contribution in [1.82, 2.24) is 20.2 Å². The Morgan fingerprint density at radius 3 is 2.26 bits per heavy atom. The summed E-state index contributed by atoms with van der Waals surface area (Å²) in [6.45, 7) is 5.90. The Kier molecular flexibility index (Phi) is 5.14. The molecule has 4 aliphatic rings. The highest BCUT2D eigenvalue weighted by atomic mass is 16.3. The molecule has 2 aromatic rings. The average Bonchev–Trinajstić information content (AvgIpc) is 3.05. The Balaban J connectivity index is 1.17. The number of aromatic nitrogens is 2. The Labute approximate surface area is 205 Å². The van der Waals surface area contributed by atoms with Gasteiger partial charge in [-0.05, 0) is 31.1 Å². The van der Waals surface area contributed by atoms with Crippen molar-refractivity contribution < 1.29 is 5.11 Å². The van der Waals surface area contributed by atoms with Gasteiger partial charge >= 0.3 is 0 Å². The smallest absolute Gasteiger partial charge is 0.226 e. The van der Waals surface area contributed by atoms with Gasteiger partial charge in [-0.15, -0.1) is 0 Å². The van der Waals surface area contributed by atoms with Gasteiger partial charge in [-0.25, -0.2) is 9.97 Å². The minimum absolute atomic E-state index is 0.124. The molecule has 10 nitrogen and oxygen atoms in total. The van der Waals surface area contributed by atoms with E-state index in [2.05, 4.69) is 20.0 Å². The van der Waals surface area contributed by atoms with E-state index in [9.17, 15) is 5.11 Å². The lowest BCUT2D eigenvalue weighted by Gasteiger charge is -2.56. The van der Waals surface area contributed by atoms with E-state index in [1.54, 1.807) is 24.3 Å².